The van der Waals surface area contributed by atoms with E-state index >= 15 is 0 Å². The third kappa shape index (κ3) is 4.65. The van der Waals surface area contributed by atoms with E-state index in [0.717, 1.165) is 11.1 Å². The molecule has 2 heterocycles. The number of aromatic nitrogens is 1. The second-order valence-corrected chi connectivity index (χ2v) is 6.64. The highest BCUT2D eigenvalue weighted by atomic mass is 16.5. The molecular weight excluding hydrogens is 356 g/mol. The smallest absolute Gasteiger partial charge is 0.265 e. The van der Waals surface area contributed by atoms with Crippen LogP contribution in [0.4, 0.5) is 5.69 Å². The highest BCUT2D eigenvalue weighted by Gasteiger charge is 2.26. The molecule has 0 unspecified atom stereocenters. The molecule has 0 radical (unpaired) electrons. The molecule has 1 aliphatic rings. The largest absolute Gasteiger partial charge is 0.482 e. The third-order valence-electron chi connectivity index (χ3n) is 4.55. The number of benzene rings is 1. The van der Waals surface area contributed by atoms with E-state index in [4.69, 9.17) is 10.00 Å². The van der Waals surface area contributed by atoms with Crippen LogP contribution in [0, 0.1) is 18.3 Å². The van der Waals surface area contributed by atoms with Crippen molar-refractivity contribution in [2.24, 2.45) is 0 Å². The first kappa shape index (κ1) is 19.4. The van der Waals surface area contributed by atoms with Gasteiger partial charge in [-0.3, -0.25) is 14.6 Å². The Morgan fingerprint density at radius 3 is 3.00 bits per heavy atom. The number of nitriles is 1. The standard InChI is InChI=1S/C21H22N4O3/c1-16-5-6-18-19(12-16)28-15-21(27)25(18)11-7-20(26)24(10-3-8-22)14-17-4-2-9-23-13-17/h2,4-6,9,12-13H,3,7,10-11,14-15H2,1H3. The second kappa shape index (κ2) is 9.00. The van der Waals surface area contributed by atoms with E-state index in [9.17, 15) is 9.59 Å². The SMILES string of the molecule is Cc1ccc2c(c1)OCC(=O)N2CCC(=O)N(CCC#N)Cc1cccnc1. The van der Waals surface area contributed by atoms with Crippen LogP contribution in [0.15, 0.2) is 42.7 Å². The summed E-state index contributed by atoms with van der Waals surface area (Å²) in [5.41, 5.74) is 2.63. The van der Waals surface area contributed by atoms with Crippen LogP contribution < -0.4 is 9.64 Å². The minimum atomic E-state index is -0.167. The van der Waals surface area contributed by atoms with Gasteiger partial charge in [0.25, 0.3) is 5.91 Å². The molecule has 7 nitrogen and oxygen atoms in total. The van der Waals surface area contributed by atoms with Crippen molar-refractivity contribution < 1.29 is 14.3 Å². The molecule has 0 fully saturated rings. The second-order valence-electron chi connectivity index (χ2n) is 6.64. The van der Waals surface area contributed by atoms with Gasteiger partial charge in [-0.1, -0.05) is 12.1 Å². The van der Waals surface area contributed by atoms with Crippen molar-refractivity contribution in [3.8, 4) is 11.8 Å². The zero-order chi connectivity index (χ0) is 19.9. The quantitative estimate of drug-likeness (QED) is 0.739. The van der Waals surface area contributed by atoms with Gasteiger partial charge in [0.05, 0.1) is 18.2 Å². The van der Waals surface area contributed by atoms with Crippen molar-refractivity contribution in [3.05, 3.63) is 53.9 Å². The van der Waals surface area contributed by atoms with Crippen LogP contribution in [0.25, 0.3) is 0 Å². The summed E-state index contributed by atoms with van der Waals surface area (Å²) in [5, 5.41) is 8.90. The third-order valence-corrected chi connectivity index (χ3v) is 4.55. The van der Waals surface area contributed by atoms with Crippen LogP contribution in [-0.4, -0.2) is 41.4 Å². The Hall–Kier alpha value is -3.40. The maximum Gasteiger partial charge on any atom is 0.265 e. The van der Waals surface area contributed by atoms with Crippen molar-refractivity contribution in [1.29, 1.82) is 5.26 Å². The highest BCUT2D eigenvalue weighted by molar-refractivity contribution is 5.98. The molecule has 144 valence electrons. The molecular formula is C21H22N4O3. The number of fused-ring (bicyclic) bond motifs is 1. The minimum Gasteiger partial charge on any atom is -0.482 e. The number of carbonyl (C=O) groups excluding carboxylic acids is 2. The molecule has 1 aromatic carbocycles. The molecule has 0 atom stereocenters. The Labute approximate surface area is 164 Å². The Morgan fingerprint density at radius 1 is 1.39 bits per heavy atom. The van der Waals surface area contributed by atoms with E-state index in [1.807, 2.05) is 37.3 Å². The van der Waals surface area contributed by atoms with Crippen molar-refractivity contribution in [2.45, 2.75) is 26.3 Å². The number of pyridine rings is 1. The van der Waals surface area contributed by atoms with E-state index < -0.39 is 0 Å². The van der Waals surface area contributed by atoms with E-state index in [0.29, 0.717) is 24.5 Å². The lowest BCUT2D eigenvalue weighted by Crippen LogP contribution is -2.41. The van der Waals surface area contributed by atoms with E-state index in [1.165, 1.54) is 0 Å². The summed E-state index contributed by atoms with van der Waals surface area (Å²) < 4.78 is 5.50. The van der Waals surface area contributed by atoms with E-state index in [-0.39, 0.29) is 37.8 Å². The van der Waals surface area contributed by atoms with Gasteiger partial charge in [0, 0.05) is 38.4 Å². The Balaban J connectivity index is 1.68. The highest BCUT2D eigenvalue weighted by Crippen LogP contribution is 2.32. The molecule has 7 heteroatoms. The summed E-state index contributed by atoms with van der Waals surface area (Å²) in [7, 11) is 0. The molecule has 0 aliphatic carbocycles. The number of anilines is 1. The average Bonchev–Trinajstić information content (AvgIpc) is 2.71. The van der Waals surface area contributed by atoms with Gasteiger partial charge in [-0.2, -0.15) is 5.26 Å². The molecule has 0 saturated carbocycles. The molecule has 0 bridgehead atoms. The lowest BCUT2D eigenvalue weighted by Gasteiger charge is -2.30. The molecule has 0 spiro atoms. The Morgan fingerprint density at radius 2 is 2.25 bits per heavy atom. The molecule has 2 amide bonds. The summed E-state index contributed by atoms with van der Waals surface area (Å²) >= 11 is 0. The maximum absolute atomic E-state index is 12.8. The fourth-order valence-corrected chi connectivity index (χ4v) is 3.11. The van der Waals surface area contributed by atoms with Crippen LogP contribution in [0.2, 0.25) is 0 Å². The van der Waals surface area contributed by atoms with Crippen molar-refractivity contribution in [3.63, 3.8) is 0 Å². The summed E-state index contributed by atoms with van der Waals surface area (Å²) in [4.78, 5) is 32.4. The number of nitrogens with zero attached hydrogens (tertiary/aromatic N) is 4. The van der Waals surface area contributed by atoms with E-state index in [1.54, 1.807) is 22.2 Å². The lowest BCUT2D eigenvalue weighted by molar-refractivity contribution is -0.131. The minimum absolute atomic E-state index is 0.0293. The maximum atomic E-state index is 12.8. The number of hydrogen-bond donors (Lipinski definition) is 0. The molecule has 28 heavy (non-hydrogen) atoms. The number of ether oxygens (including phenoxy) is 1. The van der Waals surface area contributed by atoms with Gasteiger partial charge in [0.2, 0.25) is 5.91 Å². The van der Waals surface area contributed by atoms with E-state index in [2.05, 4.69) is 11.1 Å². The molecule has 0 saturated heterocycles. The zero-order valence-corrected chi connectivity index (χ0v) is 15.8. The van der Waals surface area contributed by atoms with Gasteiger partial charge in [-0.15, -0.1) is 0 Å². The Bertz CT molecular complexity index is 892. The number of rotatable bonds is 7. The molecule has 1 aliphatic heterocycles. The predicted octanol–water partition coefficient (Wildman–Crippen LogP) is 2.45. The molecule has 2 aromatic rings. The fourth-order valence-electron chi connectivity index (χ4n) is 3.11. The van der Waals surface area contributed by atoms with Crippen LogP contribution in [-0.2, 0) is 16.1 Å². The van der Waals surface area contributed by atoms with Crippen molar-refractivity contribution >= 4 is 17.5 Å². The van der Waals surface area contributed by atoms with Gasteiger partial charge < -0.3 is 14.5 Å². The summed E-state index contributed by atoms with van der Waals surface area (Å²) in [6.07, 6.45) is 3.81. The van der Waals surface area contributed by atoms with Crippen LogP contribution >= 0.6 is 0 Å². The summed E-state index contributed by atoms with van der Waals surface area (Å²) in [6, 6.07) is 11.4. The van der Waals surface area contributed by atoms with Gasteiger partial charge in [0.1, 0.15) is 5.75 Å². The van der Waals surface area contributed by atoms with Gasteiger partial charge >= 0.3 is 0 Å². The molecule has 0 N–H and O–H groups in total. The first-order chi connectivity index (χ1) is 13.6. The lowest BCUT2D eigenvalue weighted by atomic mass is 10.1. The molecule has 3 rings (SSSR count). The normalized spacial score (nSPS) is 12.7. The topological polar surface area (TPSA) is 86.5 Å². The van der Waals surface area contributed by atoms with Crippen molar-refractivity contribution in [1.82, 2.24) is 9.88 Å². The summed E-state index contributed by atoms with van der Waals surface area (Å²) in [5.74, 6) is 0.385. The van der Waals surface area contributed by atoms with Crippen LogP contribution in [0.3, 0.4) is 0 Å². The van der Waals surface area contributed by atoms with Crippen LogP contribution in [0.1, 0.15) is 24.0 Å². The van der Waals surface area contributed by atoms with Gasteiger partial charge in [-0.25, -0.2) is 0 Å². The summed E-state index contributed by atoms with van der Waals surface area (Å²) in [6.45, 7) is 2.93. The monoisotopic (exact) mass is 378 g/mol. The molecule has 1 aromatic heterocycles. The first-order valence-corrected chi connectivity index (χ1v) is 9.16. The van der Waals surface area contributed by atoms with Crippen LogP contribution in [0.5, 0.6) is 5.75 Å². The van der Waals surface area contributed by atoms with Crippen molar-refractivity contribution in [2.75, 3.05) is 24.6 Å². The number of hydrogen-bond acceptors (Lipinski definition) is 5. The number of aryl methyl sites for hydroxylation is 1. The number of amides is 2. The average molecular weight is 378 g/mol. The number of carbonyl (C=O) groups is 2. The fraction of sp³-hybridized carbons (Fsp3) is 0.333. The first-order valence-electron chi connectivity index (χ1n) is 9.16. The van der Waals surface area contributed by atoms with Gasteiger partial charge in [-0.05, 0) is 36.2 Å². The predicted molar refractivity (Wildman–Crippen MR) is 104 cm³/mol. The zero-order valence-electron chi connectivity index (χ0n) is 15.8. The van der Waals surface area contributed by atoms with Gasteiger partial charge in [0.15, 0.2) is 6.61 Å². The Kier molecular flexibility index (Phi) is 6.22.